The number of nitrogens with one attached hydrogen (secondary N) is 1. The Kier molecular flexibility index (Phi) is 5.94. The highest BCUT2D eigenvalue weighted by Gasteiger charge is 2.30. The number of rotatable bonds is 6. The van der Waals surface area contributed by atoms with E-state index in [-0.39, 0.29) is 31.0 Å². The smallest absolute Gasteiger partial charge is 0.318 e. The molecule has 1 aromatic carbocycles. The highest BCUT2D eigenvalue weighted by Crippen LogP contribution is 2.29. The first-order chi connectivity index (χ1) is 12.7. The summed E-state index contributed by atoms with van der Waals surface area (Å²) in [4.78, 5) is 26.0. The summed E-state index contributed by atoms with van der Waals surface area (Å²) in [5, 5.41) is 2.86. The number of benzene rings is 1. The van der Waals surface area contributed by atoms with Gasteiger partial charge < -0.3 is 19.5 Å². The Bertz CT molecular complexity index is 742. The number of hydrogen-bond donors (Lipinski definition) is 1. The van der Waals surface area contributed by atoms with Crippen LogP contribution in [0.4, 0.5) is 4.79 Å². The summed E-state index contributed by atoms with van der Waals surface area (Å²) in [5.41, 5.74) is 2.33. The highest BCUT2D eigenvalue weighted by molar-refractivity contribution is 5.76. The third-order valence-electron chi connectivity index (χ3n) is 4.61. The molecule has 0 spiro atoms. The van der Waals surface area contributed by atoms with Gasteiger partial charge in [-0.25, -0.2) is 4.79 Å². The first-order valence-corrected chi connectivity index (χ1v) is 9.08. The van der Waals surface area contributed by atoms with Gasteiger partial charge in [0.15, 0.2) is 0 Å². The second kappa shape index (κ2) is 8.56. The predicted octanol–water partition coefficient (Wildman–Crippen LogP) is 2.75. The van der Waals surface area contributed by atoms with Crippen LogP contribution in [0.1, 0.15) is 30.6 Å². The lowest BCUT2D eigenvalue weighted by Crippen LogP contribution is -2.48. The molecule has 1 atom stereocenters. The van der Waals surface area contributed by atoms with Gasteiger partial charge in [-0.15, -0.1) is 0 Å². The normalized spacial score (nSPS) is 16.0. The molecule has 0 aliphatic carbocycles. The van der Waals surface area contributed by atoms with E-state index >= 15 is 0 Å². The molecular weight excluding hydrogens is 330 g/mol. The zero-order valence-corrected chi connectivity index (χ0v) is 15.1. The molecule has 0 saturated carbocycles. The molecule has 2 aromatic rings. The van der Waals surface area contributed by atoms with Gasteiger partial charge in [-0.1, -0.05) is 30.3 Å². The fraction of sp³-hybridized carbons (Fsp3) is 0.400. The van der Waals surface area contributed by atoms with Crippen molar-refractivity contribution in [1.82, 2.24) is 14.8 Å². The van der Waals surface area contributed by atoms with Gasteiger partial charge in [0.1, 0.15) is 0 Å². The molecule has 2 amide bonds. The van der Waals surface area contributed by atoms with E-state index in [0.29, 0.717) is 13.2 Å². The minimum absolute atomic E-state index is 0.0243. The number of ether oxygens (including phenoxy) is 1. The third-order valence-corrected chi connectivity index (χ3v) is 4.61. The molecular formula is C20H25N3O3. The Morgan fingerprint density at radius 2 is 1.96 bits per heavy atom. The van der Waals surface area contributed by atoms with Crippen LogP contribution in [0.5, 0.6) is 0 Å². The molecule has 6 nitrogen and oxygen atoms in total. The fourth-order valence-electron chi connectivity index (χ4n) is 3.37. The summed E-state index contributed by atoms with van der Waals surface area (Å²) >= 11 is 0. The SMILES string of the molecule is CCOC(=O)CCNC(=O)N1CCn2cccc2[C@@H]1Cc1ccccc1. The number of aromatic nitrogens is 1. The van der Waals surface area contributed by atoms with Crippen molar-refractivity contribution in [2.75, 3.05) is 19.7 Å². The van der Waals surface area contributed by atoms with E-state index in [0.717, 1.165) is 18.7 Å². The lowest BCUT2D eigenvalue weighted by molar-refractivity contribution is -0.142. The van der Waals surface area contributed by atoms with Crippen LogP contribution in [0.25, 0.3) is 0 Å². The van der Waals surface area contributed by atoms with E-state index in [4.69, 9.17) is 4.74 Å². The first-order valence-electron chi connectivity index (χ1n) is 9.08. The lowest BCUT2D eigenvalue weighted by atomic mass is 10.0. The van der Waals surface area contributed by atoms with Crippen molar-refractivity contribution in [2.24, 2.45) is 0 Å². The van der Waals surface area contributed by atoms with Gasteiger partial charge in [0.05, 0.1) is 19.1 Å². The maximum Gasteiger partial charge on any atom is 0.318 e. The quantitative estimate of drug-likeness (QED) is 0.811. The number of carbonyl (C=O) groups is 2. The standard InChI is InChI=1S/C20H25N3O3/c1-2-26-19(24)10-11-21-20(25)23-14-13-22-12-6-9-17(22)18(23)15-16-7-4-3-5-8-16/h3-9,12,18H,2,10-11,13-15H2,1H3,(H,21,25)/t18-/m0/s1. The predicted molar refractivity (Wildman–Crippen MR) is 98.7 cm³/mol. The summed E-state index contributed by atoms with van der Waals surface area (Å²) in [5.74, 6) is -0.291. The number of hydrogen-bond acceptors (Lipinski definition) is 3. The molecule has 3 rings (SSSR count). The largest absolute Gasteiger partial charge is 0.466 e. The van der Waals surface area contributed by atoms with Gasteiger partial charge in [0.25, 0.3) is 0 Å². The number of urea groups is 1. The van der Waals surface area contributed by atoms with E-state index in [9.17, 15) is 9.59 Å². The van der Waals surface area contributed by atoms with Crippen LogP contribution in [0.2, 0.25) is 0 Å². The van der Waals surface area contributed by atoms with Gasteiger partial charge in [0.2, 0.25) is 0 Å². The average molecular weight is 355 g/mol. The molecule has 26 heavy (non-hydrogen) atoms. The molecule has 1 N–H and O–H groups in total. The molecule has 0 fully saturated rings. The van der Waals surface area contributed by atoms with Crippen molar-refractivity contribution in [2.45, 2.75) is 32.4 Å². The Balaban J connectivity index is 1.68. The summed E-state index contributed by atoms with van der Waals surface area (Å²) in [6.07, 6.45) is 3.01. The lowest BCUT2D eigenvalue weighted by Gasteiger charge is -2.37. The molecule has 2 heterocycles. The zero-order chi connectivity index (χ0) is 18.4. The van der Waals surface area contributed by atoms with E-state index in [2.05, 4.69) is 34.3 Å². The van der Waals surface area contributed by atoms with Crippen molar-refractivity contribution in [1.29, 1.82) is 0 Å². The third kappa shape index (κ3) is 4.25. The maximum atomic E-state index is 12.7. The van der Waals surface area contributed by atoms with E-state index < -0.39 is 0 Å². The Morgan fingerprint density at radius 1 is 1.15 bits per heavy atom. The molecule has 6 heteroatoms. The molecule has 1 aliphatic heterocycles. The molecule has 0 saturated heterocycles. The van der Waals surface area contributed by atoms with Crippen LogP contribution in [0, 0.1) is 0 Å². The monoisotopic (exact) mass is 355 g/mol. The molecule has 0 unspecified atom stereocenters. The topological polar surface area (TPSA) is 63.6 Å². The van der Waals surface area contributed by atoms with Crippen molar-refractivity contribution in [3.8, 4) is 0 Å². The minimum Gasteiger partial charge on any atom is -0.466 e. The summed E-state index contributed by atoms with van der Waals surface area (Å²) in [6.45, 7) is 3.83. The Labute approximate surface area is 153 Å². The van der Waals surface area contributed by atoms with Gasteiger partial charge in [-0.2, -0.15) is 0 Å². The Morgan fingerprint density at radius 3 is 2.73 bits per heavy atom. The van der Waals surface area contributed by atoms with Crippen LogP contribution in [-0.2, 0) is 22.5 Å². The van der Waals surface area contributed by atoms with Crippen molar-refractivity contribution >= 4 is 12.0 Å². The van der Waals surface area contributed by atoms with Crippen molar-refractivity contribution in [3.05, 3.63) is 59.9 Å². The van der Waals surface area contributed by atoms with Crippen LogP contribution >= 0.6 is 0 Å². The summed E-state index contributed by atoms with van der Waals surface area (Å²) < 4.78 is 7.10. The number of fused-ring (bicyclic) bond motifs is 1. The van der Waals surface area contributed by atoms with Crippen LogP contribution in [0.15, 0.2) is 48.7 Å². The zero-order valence-electron chi connectivity index (χ0n) is 15.1. The van der Waals surface area contributed by atoms with Gasteiger partial charge >= 0.3 is 12.0 Å². The van der Waals surface area contributed by atoms with Gasteiger partial charge in [-0.3, -0.25) is 4.79 Å². The molecule has 0 radical (unpaired) electrons. The molecule has 1 aliphatic rings. The maximum absolute atomic E-state index is 12.7. The van der Waals surface area contributed by atoms with Crippen LogP contribution in [-0.4, -0.2) is 41.2 Å². The fourth-order valence-corrected chi connectivity index (χ4v) is 3.37. The highest BCUT2D eigenvalue weighted by atomic mass is 16.5. The van der Waals surface area contributed by atoms with Crippen LogP contribution in [0.3, 0.4) is 0 Å². The van der Waals surface area contributed by atoms with Crippen LogP contribution < -0.4 is 5.32 Å². The van der Waals surface area contributed by atoms with E-state index in [1.165, 1.54) is 5.56 Å². The molecule has 0 bridgehead atoms. The average Bonchev–Trinajstić information content (AvgIpc) is 3.12. The second-order valence-electron chi connectivity index (χ2n) is 6.31. The first kappa shape index (κ1) is 18.0. The minimum atomic E-state index is -0.291. The molecule has 138 valence electrons. The summed E-state index contributed by atoms with van der Waals surface area (Å²) in [6, 6.07) is 14.1. The van der Waals surface area contributed by atoms with E-state index in [1.54, 1.807) is 6.92 Å². The summed E-state index contributed by atoms with van der Waals surface area (Å²) in [7, 11) is 0. The second-order valence-corrected chi connectivity index (χ2v) is 6.31. The van der Waals surface area contributed by atoms with Crippen molar-refractivity contribution < 1.29 is 14.3 Å². The van der Waals surface area contributed by atoms with Gasteiger partial charge in [-0.05, 0) is 31.0 Å². The van der Waals surface area contributed by atoms with Crippen molar-refractivity contribution in [3.63, 3.8) is 0 Å². The number of amides is 2. The molecule has 1 aromatic heterocycles. The number of nitrogens with zero attached hydrogens (tertiary/aromatic N) is 2. The van der Waals surface area contributed by atoms with Gasteiger partial charge in [0, 0.05) is 31.5 Å². The Hall–Kier alpha value is -2.76. The van der Waals surface area contributed by atoms with E-state index in [1.807, 2.05) is 29.2 Å². The number of carbonyl (C=O) groups excluding carboxylic acids is 2. The number of esters is 1.